The van der Waals surface area contributed by atoms with Crippen molar-refractivity contribution in [2.45, 2.75) is 44.8 Å². The molecule has 4 nitrogen and oxygen atoms in total. The highest BCUT2D eigenvalue weighted by Crippen LogP contribution is 2.28. The Morgan fingerprint density at radius 1 is 1.16 bits per heavy atom. The lowest BCUT2D eigenvalue weighted by Gasteiger charge is -2.49. The minimum Gasteiger partial charge on any atom is -0.460 e. The summed E-state index contributed by atoms with van der Waals surface area (Å²) in [5.74, 6) is 1.77. The van der Waals surface area contributed by atoms with Gasteiger partial charge >= 0.3 is 0 Å². The number of hydrogen-bond donors (Lipinski definition) is 0. The zero-order valence-corrected chi connectivity index (χ0v) is 14.8. The fourth-order valence-corrected chi connectivity index (χ4v) is 4.17. The van der Waals surface area contributed by atoms with Gasteiger partial charge in [0.05, 0.1) is 18.2 Å². The molecule has 4 rings (SSSR count). The molecule has 4 heteroatoms. The number of furan rings is 1. The molecule has 0 saturated carbocycles. The van der Waals surface area contributed by atoms with Gasteiger partial charge in [-0.1, -0.05) is 18.6 Å². The fourth-order valence-electron chi connectivity index (χ4n) is 4.17. The second kappa shape index (κ2) is 7.03. The molecule has 3 heterocycles. The summed E-state index contributed by atoms with van der Waals surface area (Å²) in [6.07, 6.45) is 4.07. The van der Waals surface area contributed by atoms with Crippen molar-refractivity contribution in [3.63, 3.8) is 0 Å². The molecule has 2 saturated heterocycles. The molecule has 2 fully saturated rings. The molecule has 0 N–H and O–H groups in total. The highest BCUT2D eigenvalue weighted by Gasteiger charge is 2.35. The van der Waals surface area contributed by atoms with Gasteiger partial charge in [-0.15, -0.1) is 0 Å². The molecule has 2 aliphatic heterocycles. The second-order valence-corrected chi connectivity index (χ2v) is 7.35. The monoisotopic (exact) mass is 335 g/mol. The Labute approximate surface area is 149 Å². The maximum Gasteiger partial charge on any atom is 0.135 e. The van der Waals surface area contributed by atoms with Gasteiger partial charge in [-0.3, -0.25) is 9.80 Å². The van der Waals surface area contributed by atoms with E-state index in [1.54, 1.807) is 0 Å². The summed E-state index contributed by atoms with van der Waals surface area (Å²) < 4.78 is 6.01. The lowest BCUT2D eigenvalue weighted by molar-refractivity contribution is -0.00883. The standard InChI is InChI=1S/C21H25N3O/c1-16-6-4-5-11-24(16)18-13-23(14-18)15-19-9-10-21(25-19)20-8-3-2-7-17(20)12-22/h2-3,7-10,16,18H,4-6,11,13-15H2,1H3/t16-/m0/s1. The maximum atomic E-state index is 9.25. The van der Waals surface area contributed by atoms with Crippen LogP contribution in [0.3, 0.4) is 0 Å². The van der Waals surface area contributed by atoms with Gasteiger partial charge in [0.25, 0.3) is 0 Å². The van der Waals surface area contributed by atoms with E-state index in [1.165, 1.54) is 25.8 Å². The molecule has 1 aromatic carbocycles. The van der Waals surface area contributed by atoms with E-state index in [0.29, 0.717) is 11.6 Å². The first-order chi connectivity index (χ1) is 12.2. The highest BCUT2D eigenvalue weighted by molar-refractivity contribution is 5.66. The highest BCUT2D eigenvalue weighted by atomic mass is 16.3. The first-order valence-corrected chi connectivity index (χ1v) is 9.31. The van der Waals surface area contributed by atoms with Crippen molar-refractivity contribution in [3.8, 4) is 17.4 Å². The molecule has 0 unspecified atom stereocenters. The van der Waals surface area contributed by atoms with E-state index >= 15 is 0 Å². The van der Waals surface area contributed by atoms with Crippen molar-refractivity contribution < 1.29 is 4.42 Å². The molecule has 130 valence electrons. The zero-order chi connectivity index (χ0) is 17.2. The summed E-state index contributed by atoms with van der Waals surface area (Å²) in [5, 5.41) is 9.25. The molecule has 2 aliphatic rings. The molecule has 1 aromatic heterocycles. The smallest absolute Gasteiger partial charge is 0.135 e. The number of nitriles is 1. The van der Waals surface area contributed by atoms with Crippen molar-refractivity contribution in [1.29, 1.82) is 5.26 Å². The molecule has 2 aromatic rings. The Morgan fingerprint density at radius 3 is 2.80 bits per heavy atom. The van der Waals surface area contributed by atoms with Crippen LogP contribution in [0.25, 0.3) is 11.3 Å². The van der Waals surface area contributed by atoms with Crippen LogP contribution in [0.15, 0.2) is 40.8 Å². The first-order valence-electron chi connectivity index (χ1n) is 9.31. The van der Waals surface area contributed by atoms with Crippen molar-refractivity contribution in [2.24, 2.45) is 0 Å². The van der Waals surface area contributed by atoms with Gasteiger partial charge in [-0.25, -0.2) is 0 Å². The minimum absolute atomic E-state index is 0.659. The summed E-state index contributed by atoms with van der Waals surface area (Å²) in [4.78, 5) is 5.14. The van der Waals surface area contributed by atoms with Gasteiger partial charge < -0.3 is 4.42 Å². The lowest BCUT2D eigenvalue weighted by atomic mass is 9.97. The van der Waals surface area contributed by atoms with Gasteiger partial charge in [0.2, 0.25) is 0 Å². The first kappa shape index (κ1) is 16.4. The molecule has 0 spiro atoms. The van der Waals surface area contributed by atoms with E-state index in [9.17, 15) is 5.26 Å². The Hall–Kier alpha value is -2.09. The van der Waals surface area contributed by atoms with E-state index in [0.717, 1.165) is 42.8 Å². The van der Waals surface area contributed by atoms with E-state index in [-0.39, 0.29) is 0 Å². The predicted molar refractivity (Wildman–Crippen MR) is 97.9 cm³/mol. The van der Waals surface area contributed by atoms with Gasteiger partial charge in [0.15, 0.2) is 0 Å². The van der Waals surface area contributed by atoms with Crippen LogP contribution in [0, 0.1) is 11.3 Å². The van der Waals surface area contributed by atoms with E-state index in [2.05, 4.69) is 22.8 Å². The van der Waals surface area contributed by atoms with Crippen LogP contribution in [-0.4, -0.2) is 41.5 Å². The Balaban J connectivity index is 1.36. The molecule has 0 bridgehead atoms. The minimum atomic E-state index is 0.659. The number of rotatable bonds is 4. The number of nitrogens with zero attached hydrogens (tertiary/aromatic N) is 3. The largest absolute Gasteiger partial charge is 0.460 e. The predicted octanol–water partition coefficient (Wildman–Crippen LogP) is 3.88. The lowest BCUT2D eigenvalue weighted by Crippen LogP contribution is -2.61. The average molecular weight is 335 g/mol. The molecule has 1 atom stereocenters. The van der Waals surface area contributed by atoms with Crippen LogP contribution in [0.2, 0.25) is 0 Å². The maximum absolute atomic E-state index is 9.25. The average Bonchev–Trinajstić information content (AvgIpc) is 3.07. The van der Waals surface area contributed by atoms with Crippen LogP contribution < -0.4 is 0 Å². The molecule has 0 radical (unpaired) electrons. The van der Waals surface area contributed by atoms with E-state index < -0.39 is 0 Å². The molecular weight excluding hydrogens is 310 g/mol. The molecule has 0 aliphatic carbocycles. The van der Waals surface area contributed by atoms with Crippen molar-refractivity contribution in [2.75, 3.05) is 19.6 Å². The second-order valence-electron chi connectivity index (χ2n) is 7.35. The zero-order valence-electron chi connectivity index (χ0n) is 14.8. The number of likely N-dealkylation sites (tertiary alicyclic amines) is 2. The topological polar surface area (TPSA) is 43.4 Å². The molecule has 0 amide bonds. The van der Waals surface area contributed by atoms with Crippen LogP contribution in [0.5, 0.6) is 0 Å². The fraction of sp³-hybridized carbons (Fsp3) is 0.476. The third-order valence-electron chi connectivity index (χ3n) is 5.62. The summed E-state index contributed by atoms with van der Waals surface area (Å²) in [6, 6.07) is 15.3. The van der Waals surface area contributed by atoms with Crippen LogP contribution >= 0.6 is 0 Å². The van der Waals surface area contributed by atoms with E-state index in [1.807, 2.05) is 36.4 Å². The van der Waals surface area contributed by atoms with Gasteiger partial charge in [-0.2, -0.15) is 5.26 Å². The summed E-state index contributed by atoms with van der Waals surface area (Å²) in [7, 11) is 0. The quantitative estimate of drug-likeness (QED) is 0.850. The Kier molecular flexibility index (Phi) is 4.61. The SMILES string of the molecule is C[C@H]1CCCCN1C1CN(Cc2ccc(-c3ccccc3C#N)o2)C1. The Morgan fingerprint density at radius 2 is 2.00 bits per heavy atom. The molecular formula is C21H25N3O. The van der Waals surface area contributed by atoms with Crippen LogP contribution in [0.1, 0.15) is 37.5 Å². The van der Waals surface area contributed by atoms with Gasteiger partial charge in [0, 0.05) is 30.7 Å². The van der Waals surface area contributed by atoms with E-state index in [4.69, 9.17) is 4.42 Å². The van der Waals surface area contributed by atoms with Crippen molar-refractivity contribution in [1.82, 2.24) is 9.80 Å². The van der Waals surface area contributed by atoms with Crippen molar-refractivity contribution >= 4 is 0 Å². The third-order valence-corrected chi connectivity index (χ3v) is 5.62. The van der Waals surface area contributed by atoms with Gasteiger partial charge in [-0.05, 0) is 50.6 Å². The van der Waals surface area contributed by atoms with Crippen LogP contribution in [-0.2, 0) is 6.54 Å². The summed E-state index contributed by atoms with van der Waals surface area (Å²) in [5.41, 5.74) is 1.53. The number of piperidine rings is 1. The Bertz CT molecular complexity index is 769. The number of hydrogen-bond acceptors (Lipinski definition) is 4. The van der Waals surface area contributed by atoms with Gasteiger partial charge in [0.1, 0.15) is 11.5 Å². The van der Waals surface area contributed by atoms with Crippen molar-refractivity contribution in [3.05, 3.63) is 47.7 Å². The van der Waals surface area contributed by atoms with Crippen LogP contribution in [0.4, 0.5) is 0 Å². The normalized spacial score (nSPS) is 22.5. The third kappa shape index (κ3) is 3.35. The number of benzene rings is 1. The summed E-state index contributed by atoms with van der Waals surface area (Å²) in [6.45, 7) is 6.75. The molecule has 25 heavy (non-hydrogen) atoms. The summed E-state index contributed by atoms with van der Waals surface area (Å²) >= 11 is 0.